The van der Waals surface area contributed by atoms with Crippen LogP contribution in [0.25, 0.3) is 0 Å². The van der Waals surface area contributed by atoms with Gasteiger partial charge in [-0.05, 0) is 0 Å². The summed E-state index contributed by atoms with van der Waals surface area (Å²) in [5, 5.41) is 2.38. The Morgan fingerprint density at radius 2 is 2.06 bits per heavy atom. The summed E-state index contributed by atoms with van der Waals surface area (Å²) in [5.41, 5.74) is 0.572. The van der Waals surface area contributed by atoms with Gasteiger partial charge in [0.05, 0.1) is 0 Å². The zero-order chi connectivity index (χ0) is 12.7. The van der Waals surface area contributed by atoms with Crippen LogP contribution in [0.3, 0.4) is 0 Å². The summed E-state index contributed by atoms with van der Waals surface area (Å²) in [5.74, 6) is -0.517. The third kappa shape index (κ3) is 3.83. The summed E-state index contributed by atoms with van der Waals surface area (Å²) in [4.78, 5) is 32.8. The van der Waals surface area contributed by atoms with Gasteiger partial charge in [0.15, 0.2) is 5.78 Å². The molecular weight excluding hydrogens is 218 g/mol. The van der Waals surface area contributed by atoms with Crippen molar-refractivity contribution in [3.8, 4) is 0 Å². The van der Waals surface area contributed by atoms with Gasteiger partial charge < -0.3 is 10.1 Å². The summed E-state index contributed by atoms with van der Waals surface area (Å²) < 4.78 is 0. The molecule has 4 nitrogen and oxygen atoms in total. The van der Waals surface area contributed by atoms with Gasteiger partial charge in [-0.3, -0.25) is 9.59 Å². The first-order valence-electron chi connectivity index (χ1n) is 5.35. The molecule has 4 heteroatoms. The smallest absolute Gasteiger partial charge is 0.309 e. The Balaban J connectivity index is 2.70. The fraction of sp³-hybridized carbons (Fsp3) is 0.308. The maximum absolute atomic E-state index is 11.9. The van der Waals surface area contributed by atoms with E-state index < -0.39 is 12.0 Å². The molecule has 0 saturated carbocycles. The highest BCUT2D eigenvalue weighted by atomic mass is 16.1. The SMILES string of the molecule is CC(C=O)C(CC(=O)c1ccccc1)N[C]=O. The van der Waals surface area contributed by atoms with E-state index >= 15 is 0 Å². The minimum atomic E-state index is -0.502. The summed E-state index contributed by atoms with van der Waals surface area (Å²) in [6, 6.07) is 8.26. The number of amides is 1. The molecule has 0 bridgehead atoms. The molecule has 2 atom stereocenters. The highest BCUT2D eigenvalue weighted by molar-refractivity contribution is 5.96. The highest BCUT2D eigenvalue weighted by Gasteiger charge is 2.20. The van der Waals surface area contributed by atoms with Crippen molar-refractivity contribution >= 4 is 18.5 Å². The number of carbonyl (C=O) groups excluding carboxylic acids is 3. The zero-order valence-corrected chi connectivity index (χ0v) is 9.55. The molecule has 0 saturated heterocycles. The third-order valence-electron chi connectivity index (χ3n) is 2.59. The minimum Gasteiger partial charge on any atom is -0.344 e. The van der Waals surface area contributed by atoms with Crippen LogP contribution in [0.4, 0.5) is 0 Å². The monoisotopic (exact) mass is 232 g/mol. The predicted octanol–water partition coefficient (Wildman–Crippen LogP) is 1.12. The average Bonchev–Trinajstić information content (AvgIpc) is 2.38. The van der Waals surface area contributed by atoms with Gasteiger partial charge in [0.25, 0.3) is 0 Å². The molecule has 89 valence electrons. The minimum absolute atomic E-state index is 0.0964. The number of rotatable bonds is 7. The lowest BCUT2D eigenvalue weighted by molar-refractivity contribution is -0.111. The second-order valence-corrected chi connectivity index (χ2v) is 3.84. The van der Waals surface area contributed by atoms with Crippen LogP contribution in [0.5, 0.6) is 0 Å². The van der Waals surface area contributed by atoms with Crippen molar-refractivity contribution < 1.29 is 14.4 Å². The number of hydrogen-bond acceptors (Lipinski definition) is 3. The van der Waals surface area contributed by atoms with Crippen molar-refractivity contribution in [3.05, 3.63) is 35.9 Å². The summed E-state index contributed by atoms with van der Waals surface area (Å²) in [6.45, 7) is 1.65. The zero-order valence-electron chi connectivity index (χ0n) is 9.55. The van der Waals surface area contributed by atoms with Crippen LogP contribution in [-0.2, 0) is 9.59 Å². The molecule has 1 aromatic carbocycles. The molecule has 0 aliphatic rings. The number of Topliss-reactive ketones (excluding diaryl/α,β-unsaturated/α-hetero) is 1. The molecule has 1 rings (SSSR count). The molecule has 0 spiro atoms. The van der Waals surface area contributed by atoms with E-state index in [-0.39, 0.29) is 12.2 Å². The second kappa shape index (κ2) is 6.58. The van der Waals surface area contributed by atoms with Crippen LogP contribution in [-0.4, -0.2) is 24.5 Å². The Kier molecular flexibility index (Phi) is 5.07. The number of ketones is 1. The van der Waals surface area contributed by atoms with E-state index in [1.54, 1.807) is 31.2 Å². The highest BCUT2D eigenvalue weighted by Crippen LogP contribution is 2.10. The van der Waals surface area contributed by atoms with Crippen molar-refractivity contribution in [1.82, 2.24) is 5.32 Å². The standard InChI is InChI=1S/C13H14NO3/c1-10(8-15)12(14-9-16)7-13(17)11-5-3-2-4-6-11/h2-6,8,10,12H,7H2,1H3,(H,14,16). The lowest BCUT2D eigenvalue weighted by atomic mass is 9.95. The lowest BCUT2D eigenvalue weighted by Gasteiger charge is -2.17. The first-order valence-corrected chi connectivity index (χ1v) is 5.35. The molecule has 0 heterocycles. The van der Waals surface area contributed by atoms with E-state index in [0.29, 0.717) is 11.8 Å². The number of benzene rings is 1. The van der Waals surface area contributed by atoms with Gasteiger partial charge >= 0.3 is 6.41 Å². The van der Waals surface area contributed by atoms with Crippen molar-refractivity contribution in [2.45, 2.75) is 19.4 Å². The molecule has 0 aromatic heterocycles. The van der Waals surface area contributed by atoms with Crippen LogP contribution in [0.2, 0.25) is 0 Å². The Bertz CT molecular complexity index is 389. The van der Waals surface area contributed by atoms with Crippen LogP contribution < -0.4 is 5.32 Å². The number of nitrogens with one attached hydrogen (secondary N) is 1. The predicted molar refractivity (Wildman–Crippen MR) is 63.2 cm³/mol. The molecule has 0 fully saturated rings. The molecule has 0 aliphatic heterocycles. The topological polar surface area (TPSA) is 63.2 Å². The number of carbonyl (C=O) groups is 2. The van der Waals surface area contributed by atoms with E-state index in [2.05, 4.69) is 5.32 Å². The van der Waals surface area contributed by atoms with Gasteiger partial charge in [-0.15, -0.1) is 0 Å². The van der Waals surface area contributed by atoms with Crippen LogP contribution >= 0.6 is 0 Å². The van der Waals surface area contributed by atoms with Gasteiger partial charge in [0, 0.05) is 23.9 Å². The van der Waals surface area contributed by atoms with Crippen molar-refractivity contribution in [3.63, 3.8) is 0 Å². The summed E-state index contributed by atoms with van der Waals surface area (Å²) >= 11 is 0. The maximum atomic E-state index is 11.9. The summed E-state index contributed by atoms with van der Waals surface area (Å²) in [6.07, 6.45) is 2.34. The van der Waals surface area contributed by atoms with Gasteiger partial charge in [0.2, 0.25) is 0 Å². The van der Waals surface area contributed by atoms with Crippen molar-refractivity contribution in [2.75, 3.05) is 0 Å². The normalized spacial score (nSPS) is 13.5. The van der Waals surface area contributed by atoms with Crippen LogP contribution in [0.15, 0.2) is 30.3 Å². The molecule has 1 N–H and O–H groups in total. The Morgan fingerprint density at radius 1 is 1.41 bits per heavy atom. The van der Waals surface area contributed by atoms with Gasteiger partial charge in [0.1, 0.15) is 6.29 Å². The number of hydrogen-bond donors (Lipinski definition) is 1. The summed E-state index contributed by atoms with van der Waals surface area (Å²) in [7, 11) is 0. The molecule has 17 heavy (non-hydrogen) atoms. The molecule has 1 amide bonds. The Morgan fingerprint density at radius 3 is 2.59 bits per heavy atom. The van der Waals surface area contributed by atoms with Crippen LogP contribution in [0, 0.1) is 5.92 Å². The van der Waals surface area contributed by atoms with Crippen molar-refractivity contribution in [2.24, 2.45) is 5.92 Å². The van der Waals surface area contributed by atoms with E-state index in [1.165, 1.54) is 6.41 Å². The molecule has 0 aliphatic carbocycles. The fourth-order valence-corrected chi connectivity index (χ4v) is 1.48. The first-order chi connectivity index (χ1) is 8.19. The maximum Gasteiger partial charge on any atom is 0.309 e. The Hall–Kier alpha value is -1.97. The fourth-order valence-electron chi connectivity index (χ4n) is 1.48. The largest absolute Gasteiger partial charge is 0.344 e. The molecule has 1 aromatic rings. The molecular formula is C13H14NO3. The van der Waals surface area contributed by atoms with E-state index in [0.717, 1.165) is 0 Å². The third-order valence-corrected chi connectivity index (χ3v) is 2.59. The van der Waals surface area contributed by atoms with Gasteiger partial charge in [-0.1, -0.05) is 37.3 Å². The van der Waals surface area contributed by atoms with E-state index in [9.17, 15) is 14.4 Å². The lowest BCUT2D eigenvalue weighted by Crippen LogP contribution is -2.36. The quantitative estimate of drug-likeness (QED) is 0.435. The van der Waals surface area contributed by atoms with E-state index in [1.807, 2.05) is 6.07 Å². The molecule has 1 radical (unpaired) electrons. The first kappa shape index (κ1) is 13.1. The van der Waals surface area contributed by atoms with E-state index in [4.69, 9.17) is 0 Å². The molecule has 2 unspecified atom stereocenters. The average molecular weight is 232 g/mol. The van der Waals surface area contributed by atoms with Gasteiger partial charge in [-0.2, -0.15) is 0 Å². The van der Waals surface area contributed by atoms with Crippen LogP contribution in [0.1, 0.15) is 23.7 Å². The van der Waals surface area contributed by atoms with Gasteiger partial charge in [-0.25, -0.2) is 0 Å². The second-order valence-electron chi connectivity index (χ2n) is 3.84. The van der Waals surface area contributed by atoms with Crippen molar-refractivity contribution in [1.29, 1.82) is 0 Å². The number of aldehydes is 1. The Labute approximate surface area is 100 Å².